The number of carbonyl (C=O) groups excluding carboxylic acids is 1. The van der Waals surface area contributed by atoms with E-state index < -0.39 is 22.5 Å². The van der Waals surface area contributed by atoms with Crippen LogP contribution in [-0.2, 0) is 14.8 Å². The van der Waals surface area contributed by atoms with E-state index in [9.17, 15) is 13.2 Å². The normalized spacial score (nSPS) is 11.5. The minimum Gasteiger partial charge on any atom is -0.497 e. The molecule has 0 radical (unpaired) electrons. The lowest BCUT2D eigenvalue weighted by atomic mass is 10.2. The van der Waals surface area contributed by atoms with Gasteiger partial charge in [-0.05, 0) is 66.2 Å². The number of aryl methyl sites for hydroxylation is 2. The SMILES string of the molecule is COc1ccc(S(=O)(=O)N(CC(=O)N/N=C\c2cc(Br)c(C)o2)c2ccc(C)cc2)cc1. The van der Waals surface area contributed by atoms with E-state index in [0.29, 0.717) is 23.0 Å². The first-order chi connectivity index (χ1) is 15.2. The molecule has 32 heavy (non-hydrogen) atoms. The molecule has 0 spiro atoms. The minimum atomic E-state index is -4.03. The number of hydrazone groups is 1. The Bertz CT molecular complexity index is 1200. The lowest BCUT2D eigenvalue weighted by Crippen LogP contribution is -2.39. The Balaban J connectivity index is 1.83. The smallest absolute Gasteiger partial charge is 0.264 e. The van der Waals surface area contributed by atoms with Crippen molar-refractivity contribution < 1.29 is 22.4 Å². The molecule has 0 saturated carbocycles. The lowest BCUT2D eigenvalue weighted by Gasteiger charge is -2.24. The molecule has 10 heteroatoms. The zero-order valence-electron chi connectivity index (χ0n) is 17.7. The number of hydrogen-bond acceptors (Lipinski definition) is 6. The second-order valence-electron chi connectivity index (χ2n) is 6.87. The van der Waals surface area contributed by atoms with Crippen LogP contribution in [0.5, 0.6) is 5.75 Å². The third-order valence-corrected chi connectivity index (χ3v) is 7.09. The number of furan rings is 1. The van der Waals surface area contributed by atoms with E-state index in [2.05, 4.69) is 26.5 Å². The predicted octanol–water partition coefficient (Wildman–Crippen LogP) is 4.01. The number of hydrogen-bond donors (Lipinski definition) is 1. The summed E-state index contributed by atoms with van der Waals surface area (Å²) in [7, 11) is -2.53. The highest BCUT2D eigenvalue weighted by Crippen LogP contribution is 2.25. The maximum atomic E-state index is 13.3. The van der Waals surface area contributed by atoms with E-state index in [1.54, 1.807) is 49.4 Å². The Kier molecular flexibility index (Phi) is 7.37. The molecule has 0 fully saturated rings. The van der Waals surface area contributed by atoms with Crippen LogP contribution in [0.15, 0.2) is 73.5 Å². The second-order valence-corrected chi connectivity index (χ2v) is 9.59. The lowest BCUT2D eigenvalue weighted by molar-refractivity contribution is -0.119. The maximum absolute atomic E-state index is 13.3. The fourth-order valence-corrected chi connectivity index (χ4v) is 4.51. The van der Waals surface area contributed by atoms with E-state index in [-0.39, 0.29) is 4.90 Å². The predicted molar refractivity (Wildman–Crippen MR) is 126 cm³/mol. The van der Waals surface area contributed by atoms with Gasteiger partial charge in [-0.2, -0.15) is 5.10 Å². The molecule has 0 aliphatic rings. The Hall–Kier alpha value is -3.11. The van der Waals surface area contributed by atoms with Gasteiger partial charge in [0, 0.05) is 6.07 Å². The average molecular weight is 520 g/mol. The van der Waals surface area contributed by atoms with E-state index in [0.717, 1.165) is 14.3 Å². The van der Waals surface area contributed by atoms with E-state index in [4.69, 9.17) is 9.15 Å². The number of amides is 1. The number of anilines is 1. The van der Waals surface area contributed by atoms with Crippen LogP contribution >= 0.6 is 15.9 Å². The van der Waals surface area contributed by atoms with Gasteiger partial charge >= 0.3 is 0 Å². The summed E-state index contributed by atoms with van der Waals surface area (Å²) in [6, 6.07) is 14.5. The zero-order chi connectivity index (χ0) is 23.3. The number of methoxy groups -OCH3 is 1. The quantitative estimate of drug-likeness (QED) is 0.357. The van der Waals surface area contributed by atoms with Crippen molar-refractivity contribution in [3.63, 3.8) is 0 Å². The number of ether oxygens (including phenoxy) is 1. The number of nitrogens with zero attached hydrogens (tertiary/aromatic N) is 2. The van der Waals surface area contributed by atoms with Crippen LogP contribution in [0.2, 0.25) is 0 Å². The van der Waals surface area contributed by atoms with Gasteiger partial charge in [-0.25, -0.2) is 13.8 Å². The molecular formula is C22H22BrN3O5S. The first kappa shape index (κ1) is 23.6. The molecule has 3 rings (SSSR count). The largest absolute Gasteiger partial charge is 0.497 e. The van der Waals surface area contributed by atoms with Crippen molar-refractivity contribution in [1.82, 2.24) is 5.43 Å². The molecule has 0 aliphatic heterocycles. The fourth-order valence-electron chi connectivity index (χ4n) is 2.78. The molecule has 1 N–H and O–H groups in total. The molecule has 168 valence electrons. The van der Waals surface area contributed by atoms with Crippen molar-refractivity contribution in [3.05, 3.63) is 76.2 Å². The van der Waals surface area contributed by atoms with E-state index >= 15 is 0 Å². The van der Waals surface area contributed by atoms with Crippen molar-refractivity contribution in [2.75, 3.05) is 18.0 Å². The first-order valence-electron chi connectivity index (χ1n) is 9.52. The van der Waals surface area contributed by atoms with Crippen LogP contribution in [0, 0.1) is 13.8 Å². The van der Waals surface area contributed by atoms with Gasteiger partial charge in [-0.15, -0.1) is 0 Å². The van der Waals surface area contributed by atoms with Crippen molar-refractivity contribution in [2.24, 2.45) is 5.10 Å². The summed E-state index contributed by atoms with van der Waals surface area (Å²) < 4.78 is 39.0. The van der Waals surface area contributed by atoms with Gasteiger partial charge in [0.2, 0.25) is 0 Å². The summed E-state index contributed by atoms with van der Waals surface area (Å²) in [5.41, 5.74) is 3.66. The second kappa shape index (κ2) is 10.0. The first-order valence-corrected chi connectivity index (χ1v) is 11.8. The maximum Gasteiger partial charge on any atom is 0.264 e. The fraction of sp³-hybridized carbons (Fsp3) is 0.182. The summed E-state index contributed by atoms with van der Waals surface area (Å²) in [6.07, 6.45) is 1.34. The van der Waals surface area contributed by atoms with Gasteiger partial charge in [0.1, 0.15) is 23.8 Å². The number of nitrogens with one attached hydrogen (secondary N) is 1. The monoisotopic (exact) mass is 519 g/mol. The molecule has 8 nitrogen and oxygen atoms in total. The molecule has 0 saturated heterocycles. The molecule has 1 amide bonds. The highest BCUT2D eigenvalue weighted by molar-refractivity contribution is 9.10. The molecular weight excluding hydrogens is 498 g/mol. The van der Waals surface area contributed by atoms with Crippen LogP contribution < -0.4 is 14.5 Å². The molecule has 0 bridgehead atoms. The summed E-state index contributed by atoms with van der Waals surface area (Å²) in [5.74, 6) is 1.03. The molecule has 3 aromatic rings. The van der Waals surface area contributed by atoms with Crippen LogP contribution in [-0.4, -0.2) is 34.2 Å². The van der Waals surface area contributed by atoms with Gasteiger partial charge in [0.15, 0.2) is 0 Å². The highest BCUT2D eigenvalue weighted by Gasteiger charge is 2.27. The Morgan fingerprint density at radius 2 is 1.81 bits per heavy atom. The van der Waals surface area contributed by atoms with Crippen LogP contribution in [0.25, 0.3) is 0 Å². The molecule has 2 aromatic carbocycles. The van der Waals surface area contributed by atoms with Gasteiger partial charge in [-0.1, -0.05) is 17.7 Å². The van der Waals surface area contributed by atoms with Crippen LogP contribution in [0.1, 0.15) is 17.1 Å². The minimum absolute atomic E-state index is 0.0334. The molecule has 0 aliphatic carbocycles. The number of rotatable bonds is 8. The van der Waals surface area contributed by atoms with Crippen molar-refractivity contribution in [3.8, 4) is 5.75 Å². The van der Waals surface area contributed by atoms with Crippen molar-refractivity contribution in [1.29, 1.82) is 0 Å². The average Bonchev–Trinajstić information content (AvgIpc) is 3.09. The highest BCUT2D eigenvalue weighted by atomic mass is 79.9. The topological polar surface area (TPSA) is 101 Å². The van der Waals surface area contributed by atoms with Gasteiger partial charge < -0.3 is 9.15 Å². The van der Waals surface area contributed by atoms with Gasteiger partial charge in [0.05, 0.1) is 28.4 Å². The summed E-state index contributed by atoms with van der Waals surface area (Å²) in [6.45, 7) is 3.21. The Labute approximate surface area is 195 Å². The van der Waals surface area contributed by atoms with E-state index in [1.165, 1.54) is 25.5 Å². The molecule has 1 aromatic heterocycles. The third-order valence-electron chi connectivity index (χ3n) is 4.51. The van der Waals surface area contributed by atoms with Crippen LogP contribution in [0.4, 0.5) is 5.69 Å². The molecule has 1 heterocycles. The third kappa shape index (κ3) is 5.57. The summed E-state index contributed by atoms with van der Waals surface area (Å²) in [4.78, 5) is 12.6. The standard InChI is InChI=1S/C22H22BrN3O5S/c1-15-4-6-17(7-5-15)26(32(28,29)20-10-8-18(30-3)9-11-20)14-22(27)25-24-13-19-12-21(23)16(2)31-19/h4-13H,14H2,1-3H3,(H,25,27)/b24-13-. The van der Waals surface area contributed by atoms with Crippen molar-refractivity contribution >= 4 is 43.8 Å². The Morgan fingerprint density at radius 1 is 1.16 bits per heavy atom. The molecule has 0 unspecified atom stereocenters. The number of sulfonamides is 1. The van der Waals surface area contributed by atoms with Gasteiger partial charge in [-0.3, -0.25) is 9.10 Å². The summed E-state index contributed by atoms with van der Waals surface area (Å²) in [5, 5.41) is 3.86. The van der Waals surface area contributed by atoms with E-state index in [1.807, 2.05) is 6.92 Å². The number of benzene rings is 2. The Morgan fingerprint density at radius 3 is 2.38 bits per heavy atom. The summed E-state index contributed by atoms with van der Waals surface area (Å²) >= 11 is 3.33. The number of halogens is 1. The van der Waals surface area contributed by atoms with Gasteiger partial charge in [0.25, 0.3) is 15.9 Å². The van der Waals surface area contributed by atoms with Crippen molar-refractivity contribution in [2.45, 2.75) is 18.7 Å². The van der Waals surface area contributed by atoms with Crippen LogP contribution in [0.3, 0.4) is 0 Å². The number of carbonyl (C=O) groups is 1. The molecule has 0 atom stereocenters. The zero-order valence-corrected chi connectivity index (χ0v) is 20.1.